The maximum absolute atomic E-state index is 10.9. The minimum Gasteiger partial charge on any atom is -0.461 e. The smallest absolute Gasteiger partial charge is 0.330 e. The molecule has 0 spiro atoms. The van der Waals surface area contributed by atoms with Crippen molar-refractivity contribution >= 4 is 5.97 Å². The van der Waals surface area contributed by atoms with Gasteiger partial charge in [-0.2, -0.15) is 0 Å². The van der Waals surface area contributed by atoms with Crippen LogP contribution in [-0.2, 0) is 9.53 Å². The zero-order chi connectivity index (χ0) is 11.5. The van der Waals surface area contributed by atoms with E-state index in [0.717, 1.165) is 25.8 Å². The van der Waals surface area contributed by atoms with Crippen molar-refractivity contribution in [2.24, 2.45) is 0 Å². The summed E-state index contributed by atoms with van der Waals surface area (Å²) in [5.41, 5.74) is 0. The molecule has 1 atom stereocenters. The summed E-state index contributed by atoms with van der Waals surface area (Å²) in [6, 6.07) is 0.283. The number of carbonyl (C=O) groups is 1. The zero-order valence-corrected chi connectivity index (χ0v) is 9.92. The Bertz CT molecular complexity index is 180. The maximum Gasteiger partial charge on any atom is 0.330 e. The van der Waals surface area contributed by atoms with Gasteiger partial charge in [0, 0.05) is 12.1 Å². The van der Waals surface area contributed by atoms with Crippen molar-refractivity contribution in [3.63, 3.8) is 0 Å². The quantitative estimate of drug-likeness (QED) is 0.363. The lowest BCUT2D eigenvalue weighted by Gasteiger charge is -2.17. The van der Waals surface area contributed by atoms with E-state index >= 15 is 0 Å². The molecule has 1 N–H and O–H groups in total. The molecule has 0 heterocycles. The standard InChI is InChI=1S/C12H23NO2/c1-4-7-9-13-11(8-5-2)10-15-12(14)6-3/h6,11,13H,3-5,7-10H2,1-2H3. The lowest BCUT2D eigenvalue weighted by molar-refractivity contribution is -0.138. The molecule has 0 aromatic heterocycles. The normalized spacial score (nSPS) is 12.1. The van der Waals surface area contributed by atoms with Crippen molar-refractivity contribution in [1.29, 1.82) is 0 Å². The summed E-state index contributed by atoms with van der Waals surface area (Å²) in [6.45, 7) is 9.09. The van der Waals surface area contributed by atoms with Gasteiger partial charge >= 0.3 is 5.97 Å². The van der Waals surface area contributed by atoms with Crippen LogP contribution in [0.5, 0.6) is 0 Å². The van der Waals surface area contributed by atoms with E-state index in [9.17, 15) is 4.79 Å². The van der Waals surface area contributed by atoms with Crippen LogP contribution in [0.4, 0.5) is 0 Å². The van der Waals surface area contributed by atoms with Crippen LogP contribution in [0.1, 0.15) is 39.5 Å². The van der Waals surface area contributed by atoms with Crippen LogP contribution in [-0.4, -0.2) is 25.2 Å². The molecule has 0 radical (unpaired) electrons. The molecule has 0 aliphatic heterocycles. The molecule has 0 aromatic carbocycles. The first-order chi connectivity index (χ1) is 7.24. The summed E-state index contributed by atoms with van der Waals surface area (Å²) in [7, 11) is 0. The van der Waals surface area contributed by atoms with Crippen molar-refractivity contribution in [3.05, 3.63) is 12.7 Å². The summed E-state index contributed by atoms with van der Waals surface area (Å²) in [5, 5.41) is 3.39. The van der Waals surface area contributed by atoms with E-state index in [1.54, 1.807) is 0 Å². The van der Waals surface area contributed by atoms with Gasteiger partial charge < -0.3 is 10.1 Å². The van der Waals surface area contributed by atoms with Gasteiger partial charge in [-0.3, -0.25) is 0 Å². The van der Waals surface area contributed by atoms with Crippen molar-refractivity contribution in [2.75, 3.05) is 13.2 Å². The van der Waals surface area contributed by atoms with Crippen LogP contribution in [0.2, 0.25) is 0 Å². The van der Waals surface area contributed by atoms with Crippen LogP contribution in [0, 0.1) is 0 Å². The topological polar surface area (TPSA) is 38.3 Å². The van der Waals surface area contributed by atoms with E-state index in [0.29, 0.717) is 6.61 Å². The Hall–Kier alpha value is -0.830. The Morgan fingerprint density at radius 3 is 2.73 bits per heavy atom. The SMILES string of the molecule is C=CC(=O)OCC(CCC)NCCCC. The monoisotopic (exact) mass is 213 g/mol. The van der Waals surface area contributed by atoms with Crippen molar-refractivity contribution in [1.82, 2.24) is 5.32 Å². The largest absolute Gasteiger partial charge is 0.461 e. The Kier molecular flexibility index (Phi) is 9.18. The van der Waals surface area contributed by atoms with Gasteiger partial charge in [0.25, 0.3) is 0 Å². The Labute approximate surface area is 92.9 Å². The molecular formula is C12H23NO2. The molecule has 0 amide bonds. The fourth-order valence-corrected chi connectivity index (χ4v) is 1.32. The second-order valence-corrected chi connectivity index (χ2v) is 3.63. The predicted molar refractivity (Wildman–Crippen MR) is 62.8 cm³/mol. The summed E-state index contributed by atoms with van der Waals surface area (Å²) in [4.78, 5) is 10.9. The lowest BCUT2D eigenvalue weighted by Crippen LogP contribution is -2.34. The Morgan fingerprint density at radius 1 is 1.47 bits per heavy atom. The highest BCUT2D eigenvalue weighted by Crippen LogP contribution is 1.99. The number of esters is 1. The highest BCUT2D eigenvalue weighted by atomic mass is 16.5. The lowest BCUT2D eigenvalue weighted by atomic mass is 10.2. The molecule has 0 fully saturated rings. The molecule has 88 valence electrons. The highest BCUT2D eigenvalue weighted by molar-refractivity contribution is 5.81. The van der Waals surface area contributed by atoms with E-state index < -0.39 is 0 Å². The van der Waals surface area contributed by atoms with Crippen LogP contribution in [0.15, 0.2) is 12.7 Å². The van der Waals surface area contributed by atoms with Gasteiger partial charge in [0.2, 0.25) is 0 Å². The highest BCUT2D eigenvalue weighted by Gasteiger charge is 2.08. The molecule has 0 aromatic rings. The van der Waals surface area contributed by atoms with Crippen LogP contribution < -0.4 is 5.32 Å². The number of unbranched alkanes of at least 4 members (excludes halogenated alkanes) is 1. The molecular weight excluding hydrogens is 190 g/mol. The minimum absolute atomic E-state index is 0.283. The number of rotatable bonds is 9. The van der Waals surface area contributed by atoms with Gasteiger partial charge in [0.1, 0.15) is 6.61 Å². The second kappa shape index (κ2) is 9.71. The minimum atomic E-state index is -0.339. The zero-order valence-electron chi connectivity index (χ0n) is 9.92. The van der Waals surface area contributed by atoms with Crippen molar-refractivity contribution in [3.8, 4) is 0 Å². The van der Waals surface area contributed by atoms with E-state index in [4.69, 9.17) is 4.74 Å². The molecule has 0 rings (SSSR count). The molecule has 1 unspecified atom stereocenters. The van der Waals surface area contributed by atoms with Gasteiger partial charge in [0.05, 0.1) is 0 Å². The summed E-state index contributed by atoms with van der Waals surface area (Å²) in [5.74, 6) is -0.339. The third-order valence-electron chi connectivity index (χ3n) is 2.19. The fourth-order valence-electron chi connectivity index (χ4n) is 1.32. The predicted octanol–water partition coefficient (Wildman–Crippen LogP) is 2.27. The summed E-state index contributed by atoms with van der Waals surface area (Å²) < 4.78 is 5.02. The van der Waals surface area contributed by atoms with Gasteiger partial charge in [-0.05, 0) is 19.4 Å². The first-order valence-corrected chi connectivity index (χ1v) is 5.77. The Balaban J connectivity index is 3.71. The number of hydrogen-bond donors (Lipinski definition) is 1. The third kappa shape index (κ3) is 8.18. The Morgan fingerprint density at radius 2 is 2.20 bits per heavy atom. The van der Waals surface area contributed by atoms with Crippen molar-refractivity contribution in [2.45, 2.75) is 45.6 Å². The average Bonchev–Trinajstić information content (AvgIpc) is 2.25. The van der Waals surface area contributed by atoms with Gasteiger partial charge in [-0.15, -0.1) is 0 Å². The number of carbonyl (C=O) groups excluding carboxylic acids is 1. The molecule has 0 saturated heterocycles. The third-order valence-corrected chi connectivity index (χ3v) is 2.19. The second-order valence-electron chi connectivity index (χ2n) is 3.63. The van der Waals surface area contributed by atoms with Crippen molar-refractivity contribution < 1.29 is 9.53 Å². The maximum atomic E-state index is 10.9. The van der Waals surface area contributed by atoms with E-state index in [2.05, 4.69) is 25.7 Å². The molecule has 0 saturated carbocycles. The van der Waals surface area contributed by atoms with E-state index in [-0.39, 0.29) is 12.0 Å². The summed E-state index contributed by atoms with van der Waals surface area (Å²) >= 11 is 0. The van der Waals surface area contributed by atoms with E-state index in [1.807, 2.05) is 0 Å². The fraction of sp³-hybridized carbons (Fsp3) is 0.750. The average molecular weight is 213 g/mol. The van der Waals surface area contributed by atoms with Gasteiger partial charge in [-0.1, -0.05) is 33.3 Å². The number of nitrogens with one attached hydrogen (secondary N) is 1. The molecule has 3 nitrogen and oxygen atoms in total. The molecule has 0 aliphatic rings. The molecule has 0 aliphatic carbocycles. The first kappa shape index (κ1) is 14.2. The molecule has 3 heteroatoms. The van der Waals surface area contributed by atoms with Gasteiger partial charge in [-0.25, -0.2) is 4.79 Å². The van der Waals surface area contributed by atoms with Gasteiger partial charge in [0.15, 0.2) is 0 Å². The summed E-state index contributed by atoms with van der Waals surface area (Å²) in [6.07, 6.45) is 5.67. The van der Waals surface area contributed by atoms with Crippen LogP contribution >= 0.6 is 0 Å². The van der Waals surface area contributed by atoms with Crippen LogP contribution in [0.3, 0.4) is 0 Å². The first-order valence-electron chi connectivity index (χ1n) is 5.77. The number of hydrogen-bond acceptors (Lipinski definition) is 3. The van der Waals surface area contributed by atoms with Crippen LogP contribution in [0.25, 0.3) is 0 Å². The molecule has 0 bridgehead atoms. The number of ether oxygens (including phenoxy) is 1. The molecule has 15 heavy (non-hydrogen) atoms. The van der Waals surface area contributed by atoms with E-state index in [1.165, 1.54) is 12.5 Å².